The van der Waals surface area contributed by atoms with Crippen molar-refractivity contribution in [2.75, 3.05) is 11.9 Å². The highest BCUT2D eigenvalue weighted by molar-refractivity contribution is 6.00. The van der Waals surface area contributed by atoms with Gasteiger partial charge in [0, 0.05) is 18.7 Å². The molecule has 3 amide bonds. The van der Waals surface area contributed by atoms with E-state index < -0.39 is 35.6 Å². The van der Waals surface area contributed by atoms with Crippen LogP contribution in [-0.4, -0.2) is 51.2 Å². The molecule has 2 unspecified atom stereocenters. The van der Waals surface area contributed by atoms with Crippen LogP contribution in [0.25, 0.3) is 10.8 Å². The average molecular weight is 668 g/mol. The van der Waals surface area contributed by atoms with E-state index in [4.69, 9.17) is 4.74 Å². The Morgan fingerprint density at radius 2 is 1.47 bits per heavy atom. The number of carbonyl (C=O) groups excluding carboxylic acids is 3. The number of hydrogen-bond acceptors (Lipinski definition) is 6. The molecule has 0 aliphatic heterocycles. The number of rotatable bonds is 15. The molecule has 4 aromatic rings. The molecular formula is C40H49N3O6. The zero-order chi connectivity index (χ0) is 35.4. The van der Waals surface area contributed by atoms with E-state index in [0.29, 0.717) is 23.2 Å². The summed E-state index contributed by atoms with van der Waals surface area (Å²) in [6.07, 6.45) is 5.10. The van der Waals surface area contributed by atoms with E-state index in [-0.39, 0.29) is 24.5 Å². The van der Waals surface area contributed by atoms with Gasteiger partial charge in [-0.05, 0) is 85.5 Å². The third-order valence-electron chi connectivity index (χ3n) is 8.16. The average Bonchev–Trinajstić information content (AvgIpc) is 3.05. The number of carbonyl (C=O) groups is 3. The Morgan fingerprint density at radius 1 is 0.776 bits per heavy atom. The van der Waals surface area contributed by atoms with Gasteiger partial charge in [0.15, 0.2) is 0 Å². The van der Waals surface area contributed by atoms with Crippen LogP contribution in [0.3, 0.4) is 0 Å². The molecule has 260 valence electrons. The number of alkyl carbamates (subject to hydrolysis) is 1. The van der Waals surface area contributed by atoms with Gasteiger partial charge in [-0.1, -0.05) is 93.6 Å². The van der Waals surface area contributed by atoms with Crippen molar-refractivity contribution in [1.82, 2.24) is 10.2 Å². The van der Waals surface area contributed by atoms with Gasteiger partial charge in [-0.3, -0.25) is 9.59 Å². The van der Waals surface area contributed by atoms with Crippen molar-refractivity contribution < 1.29 is 29.3 Å². The van der Waals surface area contributed by atoms with Crippen LogP contribution in [0.2, 0.25) is 0 Å². The van der Waals surface area contributed by atoms with Crippen LogP contribution in [0.15, 0.2) is 91.0 Å². The highest BCUT2D eigenvalue weighted by Crippen LogP contribution is 2.29. The predicted octanol–water partition coefficient (Wildman–Crippen LogP) is 8.26. The molecule has 0 heterocycles. The summed E-state index contributed by atoms with van der Waals surface area (Å²) in [5, 5.41) is 28.1. The third kappa shape index (κ3) is 11.3. The molecule has 0 spiro atoms. The van der Waals surface area contributed by atoms with Crippen LogP contribution in [0.5, 0.6) is 11.5 Å². The number of nitrogens with one attached hydrogen (secondary N) is 2. The van der Waals surface area contributed by atoms with Crippen molar-refractivity contribution in [3.63, 3.8) is 0 Å². The maximum Gasteiger partial charge on any atom is 0.408 e. The molecule has 0 fully saturated rings. The van der Waals surface area contributed by atoms with Crippen LogP contribution in [0.4, 0.5) is 10.5 Å². The van der Waals surface area contributed by atoms with Gasteiger partial charge < -0.3 is 30.5 Å². The molecule has 0 saturated heterocycles. The standard InChI is InChI=1S/C40H49N3O6/c1-5-6-7-8-9-12-24-43(38(47)35(42-39(48)49-40(2,3)4)25-28-18-22-33(44)23-19-28)36(31-16-13-17-34(45)27-31)37(46)41-32-21-20-29-14-10-11-15-30(29)26-32/h10-11,13-23,26-27,35-36,44-45H,5-9,12,24-25H2,1-4H3,(H,41,46)(H,42,48). The quantitative estimate of drug-likeness (QED) is 0.0946. The minimum atomic E-state index is -1.13. The van der Waals surface area contributed by atoms with Crippen molar-refractivity contribution in [3.8, 4) is 11.5 Å². The van der Waals surface area contributed by atoms with Gasteiger partial charge in [0.1, 0.15) is 29.2 Å². The SMILES string of the molecule is CCCCCCCCN(C(=O)C(Cc1ccc(O)cc1)NC(=O)OC(C)(C)C)C(C(=O)Nc1ccc2ccccc2c1)c1cccc(O)c1. The molecule has 9 heteroatoms. The van der Waals surface area contributed by atoms with Crippen LogP contribution >= 0.6 is 0 Å². The van der Waals surface area contributed by atoms with Gasteiger partial charge in [-0.15, -0.1) is 0 Å². The minimum Gasteiger partial charge on any atom is -0.508 e. The van der Waals surface area contributed by atoms with E-state index in [1.165, 1.54) is 29.2 Å². The van der Waals surface area contributed by atoms with E-state index in [1.807, 2.05) is 42.5 Å². The van der Waals surface area contributed by atoms with Gasteiger partial charge in [-0.25, -0.2) is 4.79 Å². The Kier molecular flexibility index (Phi) is 13.0. The number of hydrogen-bond donors (Lipinski definition) is 4. The van der Waals surface area contributed by atoms with E-state index in [9.17, 15) is 24.6 Å². The predicted molar refractivity (Wildman–Crippen MR) is 193 cm³/mol. The summed E-state index contributed by atoms with van der Waals surface area (Å²) in [7, 11) is 0. The number of aromatic hydroxyl groups is 2. The molecule has 0 aliphatic carbocycles. The molecule has 49 heavy (non-hydrogen) atoms. The maximum atomic E-state index is 14.8. The van der Waals surface area contributed by atoms with Gasteiger partial charge in [0.2, 0.25) is 5.91 Å². The van der Waals surface area contributed by atoms with Gasteiger partial charge in [0.05, 0.1) is 0 Å². The number of ether oxygens (including phenoxy) is 1. The largest absolute Gasteiger partial charge is 0.508 e. The van der Waals surface area contributed by atoms with Crippen molar-refractivity contribution in [3.05, 3.63) is 102 Å². The Morgan fingerprint density at radius 3 is 2.16 bits per heavy atom. The molecule has 0 bridgehead atoms. The number of amides is 3. The fraction of sp³-hybridized carbons (Fsp3) is 0.375. The Bertz CT molecular complexity index is 1700. The number of unbranched alkanes of at least 4 members (excludes halogenated alkanes) is 5. The summed E-state index contributed by atoms with van der Waals surface area (Å²) < 4.78 is 5.54. The lowest BCUT2D eigenvalue weighted by Gasteiger charge is -2.35. The molecule has 0 aliphatic rings. The van der Waals surface area contributed by atoms with Crippen molar-refractivity contribution in [1.29, 1.82) is 0 Å². The molecule has 4 aromatic carbocycles. The first kappa shape index (κ1) is 36.8. The number of anilines is 1. The summed E-state index contributed by atoms with van der Waals surface area (Å²) in [4.78, 5) is 43.8. The van der Waals surface area contributed by atoms with Crippen LogP contribution < -0.4 is 10.6 Å². The number of fused-ring (bicyclic) bond motifs is 1. The molecule has 0 saturated carbocycles. The molecule has 9 nitrogen and oxygen atoms in total. The number of benzene rings is 4. The lowest BCUT2D eigenvalue weighted by Crippen LogP contribution is -2.53. The molecule has 0 radical (unpaired) electrons. The summed E-state index contributed by atoms with van der Waals surface area (Å²) in [6.45, 7) is 7.61. The fourth-order valence-corrected chi connectivity index (χ4v) is 5.79. The van der Waals surface area contributed by atoms with E-state index >= 15 is 0 Å². The van der Waals surface area contributed by atoms with Crippen molar-refractivity contribution >= 4 is 34.4 Å². The van der Waals surface area contributed by atoms with Crippen LogP contribution in [-0.2, 0) is 20.7 Å². The van der Waals surface area contributed by atoms with Gasteiger partial charge in [-0.2, -0.15) is 0 Å². The molecular weight excluding hydrogens is 618 g/mol. The van der Waals surface area contributed by atoms with Gasteiger partial charge >= 0.3 is 6.09 Å². The normalized spacial score (nSPS) is 12.6. The van der Waals surface area contributed by atoms with E-state index in [2.05, 4.69) is 17.6 Å². The molecule has 4 rings (SSSR count). The van der Waals surface area contributed by atoms with Crippen molar-refractivity contribution in [2.24, 2.45) is 0 Å². The Labute approximate surface area is 289 Å². The van der Waals surface area contributed by atoms with Crippen LogP contribution in [0, 0.1) is 0 Å². The summed E-state index contributed by atoms with van der Waals surface area (Å²) in [5.74, 6) is -0.901. The number of nitrogens with zero attached hydrogens (tertiary/aromatic N) is 1. The first-order valence-corrected chi connectivity index (χ1v) is 17.1. The third-order valence-corrected chi connectivity index (χ3v) is 8.16. The maximum absolute atomic E-state index is 14.8. The molecule has 2 atom stereocenters. The second kappa shape index (κ2) is 17.4. The second-order valence-electron chi connectivity index (χ2n) is 13.4. The molecule has 4 N–H and O–H groups in total. The first-order valence-electron chi connectivity index (χ1n) is 17.1. The zero-order valence-electron chi connectivity index (χ0n) is 28.9. The zero-order valence-corrected chi connectivity index (χ0v) is 28.9. The van der Waals surface area contributed by atoms with Crippen LogP contribution in [0.1, 0.15) is 83.4 Å². The molecule has 0 aromatic heterocycles. The lowest BCUT2D eigenvalue weighted by molar-refractivity contribution is -0.140. The minimum absolute atomic E-state index is 0.0412. The lowest BCUT2D eigenvalue weighted by atomic mass is 9.99. The topological polar surface area (TPSA) is 128 Å². The Balaban J connectivity index is 1.74. The Hall–Kier alpha value is -5.05. The number of phenolic OH excluding ortho intramolecular Hbond substituents is 2. The first-order chi connectivity index (χ1) is 23.4. The van der Waals surface area contributed by atoms with E-state index in [0.717, 1.165) is 42.9 Å². The summed E-state index contributed by atoms with van der Waals surface area (Å²) >= 11 is 0. The second-order valence-corrected chi connectivity index (χ2v) is 13.4. The highest BCUT2D eigenvalue weighted by Gasteiger charge is 2.36. The van der Waals surface area contributed by atoms with Gasteiger partial charge in [0.25, 0.3) is 5.91 Å². The van der Waals surface area contributed by atoms with E-state index in [1.54, 1.807) is 45.0 Å². The fourth-order valence-electron chi connectivity index (χ4n) is 5.79. The highest BCUT2D eigenvalue weighted by atomic mass is 16.6. The summed E-state index contributed by atoms with van der Waals surface area (Å²) in [5.41, 5.74) is 0.881. The monoisotopic (exact) mass is 667 g/mol. The number of phenols is 2. The smallest absolute Gasteiger partial charge is 0.408 e. The van der Waals surface area contributed by atoms with Crippen molar-refractivity contribution in [2.45, 2.75) is 90.3 Å². The summed E-state index contributed by atoms with van der Waals surface area (Å²) in [6, 6.07) is 24.0.